The molecule has 0 radical (unpaired) electrons. The number of aromatic nitrogens is 1. The zero-order valence-corrected chi connectivity index (χ0v) is 13.4. The van der Waals surface area contributed by atoms with Gasteiger partial charge < -0.3 is 5.32 Å². The summed E-state index contributed by atoms with van der Waals surface area (Å²) in [6, 6.07) is 8.31. The highest BCUT2D eigenvalue weighted by atomic mass is 79.9. The maximum Gasteiger partial charge on any atom is 0.133 e. The molecule has 0 saturated heterocycles. The molecule has 19 heavy (non-hydrogen) atoms. The number of anilines is 1. The largest absolute Gasteiger partial charge is 0.368 e. The van der Waals surface area contributed by atoms with Gasteiger partial charge in [-0.2, -0.15) is 11.8 Å². The normalized spacial score (nSPS) is 17.2. The molecule has 100 valence electrons. The lowest BCUT2D eigenvalue weighted by Crippen LogP contribution is -2.40. The second-order valence-corrected chi connectivity index (χ2v) is 7.22. The molecule has 0 bridgehead atoms. The zero-order valence-electron chi connectivity index (χ0n) is 10.9. The first-order valence-electron chi connectivity index (χ1n) is 6.56. The van der Waals surface area contributed by atoms with Gasteiger partial charge in [-0.1, -0.05) is 34.5 Å². The number of fused-ring (bicyclic) bond motifs is 1. The highest BCUT2D eigenvalue weighted by molar-refractivity contribution is 9.10. The van der Waals surface area contributed by atoms with E-state index in [1.807, 2.05) is 18.0 Å². The van der Waals surface area contributed by atoms with Gasteiger partial charge >= 0.3 is 0 Å². The summed E-state index contributed by atoms with van der Waals surface area (Å²) in [7, 11) is 0. The third kappa shape index (κ3) is 2.48. The molecular formula is C15H17BrN2S. The van der Waals surface area contributed by atoms with Crippen LogP contribution in [0.2, 0.25) is 0 Å². The Balaban J connectivity index is 1.87. The van der Waals surface area contributed by atoms with E-state index in [1.165, 1.54) is 30.0 Å². The summed E-state index contributed by atoms with van der Waals surface area (Å²) in [5.74, 6) is 0.999. The summed E-state index contributed by atoms with van der Waals surface area (Å²) in [6.45, 7) is 1.01. The second-order valence-electron chi connectivity index (χ2n) is 5.09. The Morgan fingerprint density at radius 3 is 2.84 bits per heavy atom. The molecule has 1 saturated carbocycles. The Bertz CT molecular complexity index is 590. The molecule has 0 unspecified atom stereocenters. The van der Waals surface area contributed by atoms with Crippen molar-refractivity contribution in [3.8, 4) is 0 Å². The Morgan fingerprint density at radius 1 is 1.32 bits per heavy atom. The van der Waals surface area contributed by atoms with Gasteiger partial charge in [0.05, 0.1) is 0 Å². The van der Waals surface area contributed by atoms with Crippen molar-refractivity contribution in [1.82, 2.24) is 4.98 Å². The van der Waals surface area contributed by atoms with Crippen molar-refractivity contribution in [3.05, 3.63) is 34.9 Å². The highest BCUT2D eigenvalue weighted by Gasteiger charge is 2.35. The molecule has 2 aromatic rings. The number of rotatable bonds is 4. The lowest BCUT2D eigenvalue weighted by Gasteiger charge is -2.40. The fraction of sp³-hybridized carbons (Fsp3) is 0.400. The predicted molar refractivity (Wildman–Crippen MR) is 88.0 cm³/mol. The maximum absolute atomic E-state index is 4.50. The molecule has 0 atom stereocenters. The Kier molecular flexibility index (Phi) is 3.72. The number of pyridine rings is 1. The van der Waals surface area contributed by atoms with Gasteiger partial charge in [0, 0.05) is 32.7 Å². The van der Waals surface area contributed by atoms with Crippen LogP contribution in [0.3, 0.4) is 0 Å². The van der Waals surface area contributed by atoms with E-state index >= 15 is 0 Å². The van der Waals surface area contributed by atoms with Crippen molar-refractivity contribution in [1.29, 1.82) is 0 Å². The monoisotopic (exact) mass is 336 g/mol. The van der Waals surface area contributed by atoms with E-state index in [9.17, 15) is 0 Å². The van der Waals surface area contributed by atoms with E-state index in [2.05, 4.69) is 56.8 Å². The van der Waals surface area contributed by atoms with E-state index in [0.29, 0.717) is 4.75 Å². The van der Waals surface area contributed by atoms with E-state index in [-0.39, 0.29) is 0 Å². The van der Waals surface area contributed by atoms with Gasteiger partial charge in [0.25, 0.3) is 0 Å². The Morgan fingerprint density at radius 2 is 2.16 bits per heavy atom. The van der Waals surface area contributed by atoms with Gasteiger partial charge in [-0.05, 0) is 31.2 Å². The summed E-state index contributed by atoms with van der Waals surface area (Å²) in [6.07, 6.45) is 8.08. The summed E-state index contributed by atoms with van der Waals surface area (Å²) in [4.78, 5) is 4.50. The molecular weight excluding hydrogens is 320 g/mol. The number of nitrogens with one attached hydrogen (secondary N) is 1. The van der Waals surface area contributed by atoms with Crippen LogP contribution in [0.25, 0.3) is 10.8 Å². The topological polar surface area (TPSA) is 24.9 Å². The lowest BCUT2D eigenvalue weighted by atomic mass is 9.84. The summed E-state index contributed by atoms with van der Waals surface area (Å²) in [5, 5.41) is 5.96. The summed E-state index contributed by atoms with van der Waals surface area (Å²) < 4.78 is 1.55. The van der Waals surface area contributed by atoms with E-state index in [1.54, 1.807) is 0 Å². The van der Waals surface area contributed by atoms with Gasteiger partial charge in [0.1, 0.15) is 5.82 Å². The molecule has 1 fully saturated rings. The van der Waals surface area contributed by atoms with Crippen molar-refractivity contribution in [2.24, 2.45) is 0 Å². The van der Waals surface area contributed by atoms with Crippen LogP contribution >= 0.6 is 27.7 Å². The SMILES string of the molecule is CSC1(CNc2nccc3c(Br)cccc23)CCC1. The first-order valence-corrected chi connectivity index (χ1v) is 8.58. The molecule has 2 nitrogen and oxygen atoms in total. The van der Waals surface area contributed by atoms with Gasteiger partial charge in [-0.3, -0.25) is 0 Å². The van der Waals surface area contributed by atoms with Crippen molar-refractivity contribution in [2.45, 2.75) is 24.0 Å². The third-order valence-corrected chi connectivity index (χ3v) is 6.14. The minimum Gasteiger partial charge on any atom is -0.368 e. The molecule has 3 rings (SSSR count). The van der Waals surface area contributed by atoms with E-state index < -0.39 is 0 Å². The number of hydrogen-bond acceptors (Lipinski definition) is 3. The van der Waals surface area contributed by atoms with Crippen LogP contribution in [0.5, 0.6) is 0 Å². The Labute approximate surface area is 126 Å². The van der Waals surface area contributed by atoms with Crippen LogP contribution in [-0.4, -0.2) is 22.5 Å². The number of halogens is 1. The van der Waals surface area contributed by atoms with Crippen LogP contribution < -0.4 is 5.32 Å². The quantitative estimate of drug-likeness (QED) is 0.876. The molecule has 1 heterocycles. The van der Waals surface area contributed by atoms with Crippen molar-refractivity contribution >= 4 is 44.3 Å². The molecule has 1 aromatic carbocycles. The number of benzene rings is 1. The predicted octanol–water partition coefficient (Wildman–Crippen LogP) is 4.69. The molecule has 1 aromatic heterocycles. The number of thioether (sulfide) groups is 1. The summed E-state index contributed by atoms with van der Waals surface area (Å²) in [5.41, 5.74) is 0. The first kappa shape index (κ1) is 13.3. The highest BCUT2D eigenvalue weighted by Crippen LogP contribution is 2.43. The first-order chi connectivity index (χ1) is 9.24. The van der Waals surface area contributed by atoms with Gasteiger partial charge in [-0.15, -0.1) is 0 Å². The van der Waals surface area contributed by atoms with Gasteiger partial charge in [-0.25, -0.2) is 4.98 Å². The van der Waals surface area contributed by atoms with E-state index in [4.69, 9.17) is 0 Å². The van der Waals surface area contributed by atoms with Crippen LogP contribution in [-0.2, 0) is 0 Å². The fourth-order valence-corrected chi connectivity index (χ4v) is 3.99. The number of hydrogen-bond donors (Lipinski definition) is 1. The zero-order chi connectivity index (χ0) is 13.3. The molecule has 0 amide bonds. The number of nitrogens with zero attached hydrogens (tertiary/aromatic N) is 1. The minimum atomic E-state index is 0.426. The van der Waals surface area contributed by atoms with E-state index in [0.717, 1.165) is 16.8 Å². The van der Waals surface area contributed by atoms with Crippen molar-refractivity contribution in [3.63, 3.8) is 0 Å². The lowest BCUT2D eigenvalue weighted by molar-refractivity contribution is 0.380. The van der Waals surface area contributed by atoms with Crippen LogP contribution in [0.1, 0.15) is 19.3 Å². The average Bonchev–Trinajstić information content (AvgIpc) is 2.39. The van der Waals surface area contributed by atoms with Crippen molar-refractivity contribution in [2.75, 3.05) is 18.1 Å². The second kappa shape index (κ2) is 5.33. The molecule has 1 aliphatic rings. The van der Waals surface area contributed by atoms with Crippen LogP contribution in [0.15, 0.2) is 34.9 Å². The molecule has 0 aliphatic heterocycles. The van der Waals surface area contributed by atoms with Gasteiger partial charge in [0.2, 0.25) is 0 Å². The molecule has 0 spiro atoms. The van der Waals surface area contributed by atoms with Crippen molar-refractivity contribution < 1.29 is 0 Å². The fourth-order valence-electron chi connectivity index (χ4n) is 2.58. The van der Waals surface area contributed by atoms with Gasteiger partial charge in [0.15, 0.2) is 0 Å². The smallest absolute Gasteiger partial charge is 0.133 e. The molecule has 4 heteroatoms. The third-order valence-electron chi connectivity index (χ3n) is 4.03. The van der Waals surface area contributed by atoms with Crippen LogP contribution in [0.4, 0.5) is 5.82 Å². The minimum absolute atomic E-state index is 0.426. The average molecular weight is 337 g/mol. The molecule has 1 aliphatic carbocycles. The molecule has 1 N–H and O–H groups in total. The Hall–Kier alpha value is -0.740. The van der Waals surface area contributed by atoms with Crippen LogP contribution in [0, 0.1) is 0 Å². The standard InChI is InChI=1S/C15H17BrN2S/c1-19-15(7-3-8-15)10-18-14-12-4-2-5-13(16)11(12)6-9-17-14/h2,4-6,9H,3,7-8,10H2,1H3,(H,17,18). The summed E-state index contributed by atoms with van der Waals surface area (Å²) >= 11 is 5.59. The maximum atomic E-state index is 4.50.